The van der Waals surface area contributed by atoms with E-state index in [1.807, 2.05) is 6.07 Å². The van der Waals surface area contributed by atoms with E-state index >= 15 is 0 Å². The molecular formula is C13H13BrN4O2. The molecule has 7 heteroatoms. The monoisotopic (exact) mass is 336 g/mol. The number of nitrogens with one attached hydrogen (secondary N) is 2. The van der Waals surface area contributed by atoms with E-state index in [0.717, 1.165) is 4.47 Å². The first-order valence-electron chi connectivity index (χ1n) is 5.88. The van der Waals surface area contributed by atoms with Gasteiger partial charge in [0.05, 0.1) is 11.9 Å². The van der Waals surface area contributed by atoms with Crippen molar-refractivity contribution in [2.24, 2.45) is 0 Å². The summed E-state index contributed by atoms with van der Waals surface area (Å²) in [6.45, 7) is 0.114. The first-order chi connectivity index (χ1) is 9.58. The molecule has 20 heavy (non-hydrogen) atoms. The zero-order valence-corrected chi connectivity index (χ0v) is 12.3. The Hall–Kier alpha value is -2.15. The molecule has 0 aliphatic rings. The van der Waals surface area contributed by atoms with Crippen LogP contribution in [0.1, 0.15) is 10.4 Å². The number of nitrogens with zero attached hydrogens (tertiary/aromatic N) is 2. The molecule has 104 valence electrons. The van der Waals surface area contributed by atoms with Crippen LogP contribution in [0.2, 0.25) is 0 Å². The van der Waals surface area contributed by atoms with Gasteiger partial charge in [-0.1, -0.05) is 22.0 Å². The molecule has 0 fully saturated rings. The number of aromatic nitrogens is 2. The Labute approximate surface area is 124 Å². The lowest BCUT2D eigenvalue weighted by molar-refractivity contribution is -0.121. The van der Waals surface area contributed by atoms with Crippen molar-refractivity contribution in [2.75, 3.05) is 12.4 Å². The van der Waals surface area contributed by atoms with Gasteiger partial charge in [0.1, 0.15) is 6.54 Å². The highest BCUT2D eigenvalue weighted by atomic mass is 79.9. The zero-order valence-electron chi connectivity index (χ0n) is 10.8. The normalized spacial score (nSPS) is 10.1. The lowest BCUT2D eigenvalue weighted by Gasteiger charge is -2.03. The molecular weight excluding hydrogens is 324 g/mol. The second kappa shape index (κ2) is 6.33. The summed E-state index contributed by atoms with van der Waals surface area (Å²) in [5, 5.41) is 9.23. The standard InChI is InChI=1S/C13H13BrN4O2/c1-15-12(19)8-18-7-11(6-16-18)17-13(20)9-3-2-4-10(14)5-9/h2-7H,8H2,1H3,(H,15,19)(H,17,20). The Morgan fingerprint density at radius 2 is 2.20 bits per heavy atom. The number of rotatable bonds is 4. The van der Waals surface area contributed by atoms with Gasteiger partial charge in [-0.25, -0.2) is 0 Å². The number of anilines is 1. The SMILES string of the molecule is CNC(=O)Cn1cc(NC(=O)c2cccc(Br)c2)cn1. The Balaban J connectivity index is 2.03. The van der Waals surface area contributed by atoms with Gasteiger partial charge >= 0.3 is 0 Å². The van der Waals surface area contributed by atoms with E-state index in [4.69, 9.17) is 0 Å². The molecule has 0 unspecified atom stereocenters. The van der Waals surface area contributed by atoms with Gasteiger partial charge in [0.15, 0.2) is 0 Å². The number of hydrogen-bond donors (Lipinski definition) is 2. The maximum atomic E-state index is 12.0. The van der Waals surface area contributed by atoms with E-state index < -0.39 is 0 Å². The van der Waals surface area contributed by atoms with Gasteiger partial charge in [0.2, 0.25) is 5.91 Å². The minimum absolute atomic E-state index is 0.114. The Morgan fingerprint density at radius 3 is 2.90 bits per heavy atom. The minimum atomic E-state index is -0.231. The highest BCUT2D eigenvalue weighted by Crippen LogP contribution is 2.13. The molecule has 0 bridgehead atoms. The van der Waals surface area contributed by atoms with Crippen molar-refractivity contribution in [3.8, 4) is 0 Å². The molecule has 0 spiro atoms. The third-order valence-electron chi connectivity index (χ3n) is 2.56. The smallest absolute Gasteiger partial charge is 0.255 e. The maximum absolute atomic E-state index is 12.0. The molecule has 0 saturated carbocycles. The molecule has 0 saturated heterocycles. The predicted octanol–water partition coefficient (Wildman–Crippen LogP) is 1.64. The summed E-state index contributed by atoms with van der Waals surface area (Å²) in [6.07, 6.45) is 3.10. The van der Waals surface area contributed by atoms with Crippen molar-refractivity contribution in [3.05, 3.63) is 46.7 Å². The first kappa shape index (κ1) is 14.3. The average molecular weight is 337 g/mol. The van der Waals surface area contributed by atoms with Crippen molar-refractivity contribution >= 4 is 33.4 Å². The number of carbonyl (C=O) groups is 2. The van der Waals surface area contributed by atoms with Crippen molar-refractivity contribution in [1.82, 2.24) is 15.1 Å². The summed E-state index contributed by atoms with van der Waals surface area (Å²) in [7, 11) is 1.56. The van der Waals surface area contributed by atoms with Crippen LogP contribution in [0.4, 0.5) is 5.69 Å². The lowest BCUT2D eigenvalue weighted by Crippen LogP contribution is -2.23. The van der Waals surface area contributed by atoms with Gasteiger partial charge in [0, 0.05) is 23.3 Å². The number of likely N-dealkylation sites (N-methyl/N-ethyl adjacent to an activating group) is 1. The maximum Gasteiger partial charge on any atom is 0.255 e. The number of halogens is 1. The topological polar surface area (TPSA) is 76.0 Å². The van der Waals surface area contributed by atoms with Gasteiger partial charge < -0.3 is 10.6 Å². The zero-order chi connectivity index (χ0) is 14.5. The van der Waals surface area contributed by atoms with E-state index in [1.54, 1.807) is 31.4 Å². The molecule has 2 rings (SSSR count). The highest BCUT2D eigenvalue weighted by Gasteiger charge is 2.08. The van der Waals surface area contributed by atoms with Crippen LogP contribution < -0.4 is 10.6 Å². The van der Waals surface area contributed by atoms with Crippen LogP contribution in [0.5, 0.6) is 0 Å². The van der Waals surface area contributed by atoms with Crippen molar-refractivity contribution in [3.63, 3.8) is 0 Å². The van der Waals surface area contributed by atoms with E-state index in [1.165, 1.54) is 10.9 Å². The van der Waals surface area contributed by atoms with Crippen LogP contribution in [0.25, 0.3) is 0 Å². The fraction of sp³-hybridized carbons (Fsp3) is 0.154. The molecule has 1 heterocycles. The van der Waals surface area contributed by atoms with Gasteiger partial charge in [-0.15, -0.1) is 0 Å². The predicted molar refractivity (Wildman–Crippen MR) is 78.4 cm³/mol. The van der Waals surface area contributed by atoms with E-state index in [-0.39, 0.29) is 18.4 Å². The van der Waals surface area contributed by atoms with Crippen molar-refractivity contribution < 1.29 is 9.59 Å². The highest BCUT2D eigenvalue weighted by molar-refractivity contribution is 9.10. The minimum Gasteiger partial charge on any atom is -0.358 e. The van der Waals surface area contributed by atoms with Gasteiger partial charge in [-0.3, -0.25) is 14.3 Å². The Morgan fingerprint density at radius 1 is 1.40 bits per heavy atom. The fourth-order valence-electron chi connectivity index (χ4n) is 1.57. The van der Waals surface area contributed by atoms with Crippen LogP contribution in [0, 0.1) is 0 Å². The van der Waals surface area contributed by atoms with E-state index in [0.29, 0.717) is 11.3 Å². The second-order valence-corrected chi connectivity index (χ2v) is 4.98. The summed E-state index contributed by atoms with van der Waals surface area (Å²) in [6, 6.07) is 7.07. The number of benzene rings is 1. The molecule has 2 amide bonds. The number of amides is 2. The molecule has 2 N–H and O–H groups in total. The third kappa shape index (κ3) is 3.67. The fourth-order valence-corrected chi connectivity index (χ4v) is 1.97. The molecule has 0 radical (unpaired) electrons. The molecule has 0 aliphatic carbocycles. The molecule has 1 aromatic heterocycles. The third-order valence-corrected chi connectivity index (χ3v) is 3.06. The van der Waals surface area contributed by atoms with Crippen molar-refractivity contribution in [2.45, 2.75) is 6.54 Å². The van der Waals surface area contributed by atoms with Crippen LogP contribution in [0.15, 0.2) is 41.1 Å². The van der Waals surface area contributed by atoms with Crippen LogP contribution in [-0.2, 0) is 11.3 Å². The molecule has 6 nitrogen and oxygen atoms in total. The Kier molecular flexibility index (Phi) is 4.52. The second-order valence-electron chi connectivity index (χ2n) is 4.06. The van der Waals surface area contributed by atoms with E-state index in [2.05, 4.69) is 31.7 Å². The summed E-state index contributed by atoms with van der Waals surface area (Å²) in [5.41, 5.74) is 1.08. The van der Waals surface area contributed by atoms with E-state index in [9.17, 15) is 9.59 Å². The summed E-state index contributed by atoms with van der Waals surface area (Å²) in [5.74, 6) is -0.385. The summed E-state index contributed by atoms with van der Waals surface area (Å²) in [4.78, 5) is 23.2. The van der Waals surface area contributed by atoms with Crippen LogP contribution in [-0.4, -0.2) is 28.6 Å². The molecule has 1 aromatic carbocycles. The van der Waals surface area contributed by atoms with Crippen LogP contribution >= 0.6 is 15.9 Å². The lowest BCUT2D eigenvalue weighted by atomic mass is 10.2. The largest absolute Gasteiger partial charge is 0.358 e. The Bertz CT molecular complexity index is 639. The van der Waals surface area contributed by atoms with Gasteiger partial charge in [0.25, 0.3) is 5.91 Å². The number of carbonyl (C=O) groups excluding carboxylic acids is 2. The number of hydrogen-bond acceptors (Lipinski definition) is 3. The van der Waals surface area contributed by atoms with Crippen molar-refractivity contribution in [1.29, 1.82) is 0 Å². The first-order valence-corrected chi connectivity index (χ1v) is 6.68. The molecule has 0 atom stereocenters. The summed E-state index contributed by atoms with van der Waals surface area (Å²) >= 11 is 3.31. The average Bonchev–Trinajstić information content (AvgIpc) is 2.85. The molecule has 0 aliphatic heterocycles. The molecule has 2 aromatic rings. The van der Waals surface area contributed by atoms with Gasteiger partial charge in [-0.2, -0.15) is 5.10 Å². The van der Waals surface area contributed by atoms with Crippen LogP contribution in [0.3, 0.4) is 0 Å². The van der Waals surface area contributed by atoms with Gasteiger partial charge in [-0.05, 0) is 18.2 Å². The summed E-state index contributed by atoms with van der Waals surface area (Å²) < 4.78 is 2.29. The quantitative estimate of drug-likeness (QED) is 0.891.